The molecule has 1 aromatic carbocycles. The van der Waals surface area contributed by atoms with Crippen molar-refractivity contribution in [2.24, 2.45) is 0 Å². The Balaban J connectivity index is 1.62. The molecule has 0 amide bonds. The van der Waals surface area contributed by atoms with Crippen molar-refractivity contribution in [3.05, 3.63) is 72.6 Å². The molecule has 0 fully saturated rings. The largest absolute Gasteiger partial charge is 0.573 e. The molecule has 29 heavy (non-hydrogen) atoms. The minimum atomic E-state index is -4.71. The van der Waals surface area contributed by atoms with Gasteiger partial charge < -0.3 is 10.1 Å². The second kappa shape index (κ2) is 7.46. The van der Waals surface area contributed by atoms with E-state index in [9.17, 15) is 13.2 Å². The minimum Gasteiger partial charge on any atom is -0.406 e. The molecule has 3 aromatic heterocycles. The second-order valence-electron chi connectivity index (χ2n) is 6.31. The molecule has 0 bridgehead atoms. The summed E-state index contributed by atoms with van der Waals surface area (Å²) in [6, 6.07) is 16.9. The van der Waals surface area contributed by atoms with Crippen LogP contribution in [-0.2, 0) is 6.42 Å². The SMILES string of the molecule is CCc1nn2ccccc2c1-c1cccc(Nc2ccc(OC(F)(F)F)cc2)n1. The van der Waals surface area contributed by atoms with Crippen molar-refractivity contribution in [1.82, 2.24) is 14.6 Å². The van der Waals surface area contributed by atoms with Crippen molar-refractivity contribution in [1.29, 1.82) is 0 Å². The first kappa shape index (κ1) is 18.8. The molecule has 5 nitrogen and oxygen atoms in total. The van der Waals surface area contributed by atoms with Crippen molar-refractivity contribution in [2.45, 2.75) is 19.7 Å². The van der Waals surface area contributed by atoms with Gasteiger partial charge in [0.05, 0.1) is 16.9 Å². The van der Waals surface area contributed by atoms with Gasteiger partial charge in [-0.3, -0.25) is 0 Å². The van der Waals surface area contributed by atoms with Gasteiger partial charge in [-0.1, -0.05) is 19.1 Å². The molecule has 148 valence electrons. The number of benzene rings is 1. The van der Waals surface area contributed by atoms with Gasteiger partial charge in [0.2, 0.25) is 0 Å². The number of alkyl halides is 3. The first-order valence-corrected chi connectivity index (χ1v) is 8.99. The summed E-state index contributed by atoms with van der Waals surface area (Å²) in [5.74, 6) is 0.299. The molecule has 3 heterocycles. The highest BCUT2D eigenvalue weighted by Crippen LogP contribution is 2.29. The number of hydrogen-bond acceptors (Lipinski definition) is 4. The third kappa shape index (κ3) is 4.16. The number of ether oxygens (including phenoxy) is 1. The average molecular weight is 398 g/mol. The standard InChI is InChI=1S/C21H17F3N4O/c1-2-16-20(18-7-3-4-13-28(18)27-16)17-6-5-8-19(26-17)25-14-9-11-15(12-10-14)29-21(22,23)24/h3-13H,2H2,1H3,(H,25,26). The molecule has 0 saturated carbocycles. The monoisotopic (exact) mass is 398 g/mol. The summed E-state index contributed by atoms with van der Waals surface area (Å²) >= 11 is 0. The number of pyridine rings is 2. The summed E-state index contributed by atoms with van der Waals surface area (Å²) in [5, 5.41) is 7.72. The smallest absolute Gasteiger partial charge is 0.406 e. The Bertz CT molecular complexity index is 1140. The van der Waals surface area contributed by atoms with Crippen LogP contribution in [0.2, 0.25) is 0 Å². The van der Waals surface area contributed by atoms with Crippen LogP contribution < -0.4 is 10.1 Å². The number of nitrogens with zero attached hydrogens (tertiary/aromatic N) is 3. The third-order valence-electron chi connectivity index (χ3n) is 4.31. The van der Waals surface area contributed by atoms with E-state index < -0.39 is 6.36 Å². The number of nitrogens with one attached hydrogen (secondary N) is 1. The molecular weight excluding hydrogens is 381 g/mol. The fraction of sp³-hybridized carbons (Fsp3) is 0.143. The number of hydrogen-bond donors (Lipinski definition) is 1. The number of anilines is 2. The average Bonchev–Trinajstić information content (AvgIpc) is 3.07. The maximum Gasteiger partial charge on any atom is 0.573 e. The van der Waals surface area contributed by atoms with E-state index in [0.717, 1.165) is 28.9 Å². The zero-order chi connectivity index (χ0) is 20.4. The summed E-state index contributed by atoms with van der Waals surface area (Å²) in [6.45, 7) is 2.04. The van der Waals surface area contributed by atoms with Crippen LogP contribution in [0.15, 0.2) is 66.9 Å². The Kier molecular flexibility index (Phi) is 4.84. The van der Waals surface area contributed by atoms with Gasteiger partial charge in [-0.15, -0.1) is 13.2 Å². The lowest BCUT2D eigenvalue weighted by molar-refractivity contribution is -0.274. The first-order valence-electron chi connectivity index (χ1n) is 8.99. The molecule has 0 aliphatic heterocycles. The summed E-state index contributed by atoms with van der Waals surface area (Å²) in [4.78, 5) is 4.68. The molecule has 0 aliphatic rings. The summed E-state index contributed by atoms with van der Waals surface area (Å²) in [6.07, 6.45) is -2.06. The second-order valence-corrected chi connectivity index (χ2v) is 6.31. The van der Waals surface area contributed by atoms with Gasteiger partial charge in [0.25, 0.3) is 0 Å². The van der Waals surface area contributed by atoms with Gasteiger partial charge in [-0.25, -0.2) is 9.50 Å². The molecule has 4 aromatic rings. The molecule has 0 saturated heterocycles. The zero-order valence-electron chi connectivity index (χ0n) is 15.4. The van der Waals surface area contributed by atoms with Gasteiger partial charge in [-0.05, 0) is 55.0 Å². The van der Waals surface area contributed by atoms with Gasteiger partial charge in [0.1, 0.15) is 11.6 Å². The normalized spacial score (nSPS) is 11.6. The fourth-order valence-electron chi connectivity index (χ4n) is 3.11. The van der Waals surface area contributed by atoms with Gasteiger partial charge in [-0.2, -0.15) is 5.10 Å². The number of halogens is 3. The molecular formula is C21H17F3N4O. The Morgan fingerprint density at radius 1 is 1.00 bits per heavy atom. The van der Waals surface area contributed by atoms with E-state index >= 15 is 0 Å². The maximum absolute atomic E-state index is 12.3. The number of aryl methyl sites for hydroxylation is 1. The quantitative estimate of drug-likeness (QED) is 0.475. The van der Waals surface area contributed by atoms with Crippen molar-refractivity contribution < 1.29 is 17.9 Å². The van der Waals surface area contributed by atoms with Crippen LogP contribution in [0.3, 0.4) is 0 Å². The van der Waals surface area contributed by atoms with E-state index in [4.69, 9.17) is 0 Å². The van der Waals surface area contributed by atoms with E-state index in [1.54, 1.807) is 6.07 Å². The van der Waals surface area contributed by atoms with E-state index in [-0.39, 0.29) is 5.75 Å². The van der Waals surface area contributed by atoms with Crippen LogP contribution >= 0.6 is 0 Å². The fourth-order valence-corrected chi connectivity index (χ4v) is 3.11. The van der Waals surface area contributed by atoms with Gasteiger partial charge in [0.15, 0.2) is 0 Å². The lowest BCUT2D eigenvalue weighted by atomic mass is 10.1. The highest BCUT2D eigenvalue weighted by Gasteiger charge is 2.30. The van der Waals surface area contributed by atoms with E-state index in [0.29, 0.717) is 11.5 Å². The van der Waals surface area contributed by atoms with Crippen molar-refractivity contribution in [3.63, 3.8) is 0 Å². The van der Waals surface area contributed by atoms with Gasteiger partial charge >= 0.3 is 6.36 Å². The molecule has 0 unspecified atom stereocenters. The third-order valence-corrected chi connectivity index (χ3v) is 4.31. The zero-order valence-corrected chi connectivity index (χ0v) is 15.4. The van der Waals surface area contributed by atoms with Crippen LogP contribution in [0.25, 0.3) is 16.8 Å². The van der Waals surface area contributed by atoms with E-state index in [2.05, 4.69) is 20.1 Å². The highest BCUT2D eigenvalue weighted by atomic mass is 19.4. The van der Waals surface area contributed by atoms with Crippen LogP contribution in [-0.4, -0.2) is 21.0 Å². The lowest BCUT2D eigenvalue weighted by Gasteiger charge is -2.11. The summed E-state index contributed by atoms with van der Waals surface area (Å²) in [5.41, 5.74) is 4.23. The highest BCUT2D eigenvalue weighted by molar-refractivity contribution is 5.81. The van der Waals surface area contributed by atoms with Crippen LogP contribution in [0.5, 0.6) is 5.75 Å². The lowest BCUT2D eigenvalue weighted by Crippen LogP contribution is -2.16. The van der Waals surface area contributed by atoms with Crippen molar-refractivity contribution in [2.75, 3.05) is 5.32 Å². The molecule has 0 radical (unpaired) electrons. The van der Waals surface area contributed by atoms with Crippen molar-refractivity contribution in [3.8, 4) is 17.0 Å². The van der Waals surface area contributed by atoms with E-state index in [1.165, 1.54) is 24.3 Å². The first-order chi connectivity index (χ1) is 13.9. The number of aromatic nitrogens is 3. The Morgan fingerprint density at radius 3 is 2.52 bits per heavy atom. The summed E-state index contributed by atoms with van der Waals surface area (Å²) < 4.78 is 42.6. The summed E-state index contributed by atoms with van der Waals surface area (Å²) in [7, 11) is 0. The number of fused-ring (bicyclic) bond motifs is 1. The van der Waals surface area contributed by atoms with Crippen molar-refractivity contribution >= 4 is 17.0 Å². The van der Waals surface area contributed by atoms with Crippen LogP contribution in [0.1, 0.15) is 12.6 Å². The minimum absolute atomic E-state index is 0.274. The molecule has 8 heteroatoms. The van der Waals surface area contributed by atoms with Crippen LogP contribution in [0, 0.1) is 0 Å². The molecule has 1 N–H and O–H groups in total. The molecule has 0 aliphatic carbocycles. The number of rotatable bonds is 5. The topological polar surface area (TPSA) is 51.5 Å². The predicted octanol–water partition coefficient (Wildman–Crippen LogP) is 5.60. The molecule has 4 rings (SSSR count). The van der Waals surface area contributed by atoms with Gasteiger partial charge in [0, 0.05) is 17.4 Å². The predicted molar refractivity (Wildman–Crippen MR) is 104 cm³/mol. The Labute approximate surface area is 164 Å². The maximum atomic E-state index is 12.3. The Hall–Kier alpha value is -3.55. The van der Waals surface area contributed by atoms with E-state index in [1.807, 2.05) is 48.0 Å². The molecule has 0 atom stereocenters. The Morgan fingerprint density at radius 2 is 1.79 bits per heavy atom. The van der Waals surface area contributed by atoms with Crippen LogP contribution in [0.4, 0.5) is 24.7 Å². The molecule has 0 spiro atoms.